The van der Waals surface area contributed by atoms with Crippen molar-refractivity contribution in [3.8, 4) is 0 Å². The number of hydrogen-bond donors (Lipinski definition) is 0. The highest BCUT2D eigenvalue weighted by atomic mass is 19.4. The summed E-state index contributed by atoms with van der Waals surface area (Å²) in [6, 6.07) is 2.19. The fourth-order valence-electron chi connectivity index (χ4n) is 0.839. The molecule has 0 saturated heterocycles. The molecule has 0 aliphatic heterocycles. The number of alkyl halides is 3. The standard InChI is InChI=1S/C8H5F4/c1-5-4-6(9)2-3-7(5)8(10,11)12/h2-4H,1H2. The van der Waals surface area contributed by atoms with Crippen molar-refractivity contribution in [2.45, 2.75) is 6.18 Å². The Bertz CT molecular complexity index is 288. The molecule has 0 spiro atoms. The second kappa shape index (κ2) is 2.77. The van der Waals surface area contributed by atoms with Gasteiger partial charge in [-0.15, -0.1) is 0 Å². The monoisotopic (exact) mass is 177 g/mol. The molecule has 65 valence electrons. The zero-order valence-electron chi connectivity index (χ0n) is 5.95. The summed E-state index contributed by atoms with van der Waals surface area (Å²) in [5.41, 5.74) is -1.24. The van der Waals surface area contributed by atoms with Gasteiger partial charge in [0.25, 0.3) is 0 Å². The van der Waals surface area contributed by atoms with Crippen molar-refractivity contribution in [1.82, 2.24) is 0 Å². The first kappa shape index (κ1) is 9.03. The van der Waals surface area contributed by atoms with E-state index in [-0.39, 0.29) is 5.56 Å². The number of rotatable bonds is 0. The Balaban J connectivity index is 3.19. The predicted octanol–water partition coefficient (Wildman–Crippen LogP) is 3.03. The van der Waals surface area contributed by atoms with Gasteiger partial charge in [-0.05, 0) is 30.7 Å². The van der Waals surface area contributed by atoms with Gasteiger partial charge >= 0.3 is 6.18 Å². The predicted molar refractivity (Wildman–Crippen MR) is 35.9 cm³/mol. The average molecular weight is 177 g/mol. The zero-order valence-corrected chi connectivity index (χ0v) is 5.95. The smallest absolute Gasteiger partial charge is 0.207 e. The Hall–Kier alpha value is -1.06. The lowest BCUT2D eigenvalue weighted by Gasteiger charge is -2.08. The van der Waals surface area contributed by atoms with Crippen LogP contribution < -0.4 is 0 Å². The largest absolute Gasteiger partial charge is 0.416 e. The van der Waals surface area contributed by atoms with Gasteiger partial charge in [0.05, 0.1) is 5.56 Å². The summed E-state index contributed by atoms with van der Waals surface area (Å²) in [7, 11) is 0. The van der Waals surface area contributed by atoms with Crippen LogP contribution in [-0.4, -0.2) is 0 Å². The molecule has 1 aromatic rings. The lowest BCUT2D eigenvalue weighted by Crippen LogP contribution is -2.07. The minimum atomic E-state index is -4.45. The molecule has 0 saturated carbocycles. The topological polar surface area (TPSA) is 0 Å². The van der Waals surface area contributed by atoms with Crippen LogP contribution in [0, 0.1) is 12.7 Å². The summed E-state index contributed by atoms with van der Waals surface area (Å²) in [6.45, 7) is 3.09. The van der Waals surface area contributed by atoms with Gasteiger partial charge in [0.2, 0.25) is 0 Å². The van der Waals surface area contributed by atoms with Crippen molar-refractivity contribution in [3.63, 3.8) is 0 Å². The Labute approximate surface area is 66.8 Å². The van der Waals surface area contributed by atoms with Gasteiger partial charge in [-0.2, -0.15) is 13.2 Å². The molecule has 0 aromatic heterocycles. The van der Waals surface area contributed by atoms with Crippen LogP contribution in [0.25, 0.3) is 0 Å². The van der Waals surface area contributed by atoms with Crippen LogP contribution in [0.3, 0.4) is 0 Å². The second-order valence-electron chi connectivity index (χ2n) is 2.30. The van der Waals surface area contributed by atoms with E-state index in [1.54, 1.807) is 0 Å². The Morgan fingerprint density at radius 1 is 1.17 bits per heavy atom. The molecule has 0 N–H and O–H groups in total. The summed E-state index contributed by atoms with van der Waals surface area (Å²) in [5, 5.41) is 0. The number of halogens is 4. The maximum absolute atomic E-state index is 12.3. The first-order valence-electron chi connectivity index (χ1n) is 3.10. The first-order chi connectivity index (χ1) is 5.41. The van der Waals surface area contributed by atoms with Crippen LogP contribution in [0.1, 0.15) is 11.1 Å². The van der Waals surface area contributed by atoms with Gasteiger partial charge in [-0.1, -0.05) is 0 Å². The van der Waals surface area contributed by atoms with E-state index in [1.165, 1.54) is 0 Å². The highest BCUT2D eigenvalue weighted by Gasteiger charge is 2.32. The maximum atomic E-state index is 12.3. The van der Waals surface area contributed by atoms with Crippen molar-refractivity contribution in [2.24, 2.45) is 0 Å². The molecule has 0 heterocycles. The van der Waals surface area contributed by atoms with Crippen LogP contribution >= 0.6 is 0 Å². The molecule has 0 amide bonds. The molecule has 1 radical (unpaired) electrons. The molecular weight excluding hydrogens is 172 g/mol. The van der Waals surface area contributed by atoms with Gasteiger partial charge in [0, 0.05) is 0 Å². The third-order valence-electron chi connectivity index (χ3n) is 1.37. The fourth-order valence-corrected chi connectivity index (χ4v) is 0.839. The van der Waals surface area contributed by atoms with Gasteiger partial charge in [0.1, 0.15) is 5.82 Å². The quantitative estimate of drug-likeness (QED) is 0.534. The number of benzene rings is 1. The van der Waals surface area contributed by atoms with Gasteiger partial charge in [-0.3, -0.25) is 0 Å². The zero-order chi connectivity index (χ0) is 9.35. The van der Waals surface area contributed by atoms with Crippen LogP contribution in [0.4, 0.5) is 17.6 Å². The highest BCUT2D eigenvalue weighted by Crippen LogP contribution is 2.31. The van der Waals surface area contributed by atoms with E-state index in [4.69, 9.17) is 0 Å². The van der Waals surface area contributed by atoms with Gasteiger partial charge < -0.3 is 0 Å². The molecule has 0 nitrogen and oxygen atoms in total. The summed E-state index contributed by atoms with van der Waals surface area (Å²) in [5.74, 6) is -0.715. The van der Waals surface area contributed by atoms with E-state index in [1.807, 2.05) is 0 Å². The molecule has 0 aliphatic carbocycles. The van der Waals surface area contributed by atoms with Crippen molar-refractivity contribution in [2.75, 3.05) is 0 Å². The van der Waals surface area contributed by atoms with Crippen LogP contribution in [0.2, 0.25) is 0 Å². The van der Waals surface area contributed by atoms with Crippen LogP contribution in [0.15, 0.2) is 18.2 Å². The van der Waals surface area contributed by atoms with E-state index < -0.39 is 17.6 Å². The molecule has 4 heteroatoms. The fraction of sp³-hybridized carbons (Fsp3) is 0.125. The second-order valence-corrected chi connectivity index (χ2v) is 2.30. The molecule has 0 aliphatic rings. The summed E-state index contributed by atoms with van der Waals surface area (Å²) in [6.07, 6.45) is -4.45. The SMILES string of the molecule is [CH2]c1cc(F)ccc1C(F)(F)F. The van der Waals surface area contributed by atoms with E-state index in [0.717, 1.165) is 12.1 Å². The van der Waals surface area contributed by atoms with E-state index in [0.29, 0.717) is 6.07 Å². The third-order valence-corrected chi connectivity index (χ3v) is 1.37. The molecule has 1 aromatic carbocycles. The average Bonchev–Trinajstić information content (AvgIpc) is 1.83. The van der Waals surface area contributed by atoms with Gasteiger partial charge in [0.15, 0.2) is 0 Å². The molecule has 0 atom stereocenters. The lowest BCUT2D eigenvalue weighted by molar-refractivity contribution is -0.137. The first-order valence-corrected chi connectivity index (χ1v) is 3.10. The van der Waals surface area contributed by atoms with Crippen LogP contribution in [0.5, 0.6) is 0 Å². The van der Waals surface area contributed by atoms with Gasteiger partial charge in [-0.25, -0.2) is 4.39 Å². The highest BCUT2D eigenvalue weighted by molar-refractivity contribution is 5.32. The summed E-state index contributed by atoms with van der Waals surface area (Å²) in [4.78, 5) is 0. The Kier molecular flexibility index (Phi) is 2.08. The molecular formula is C8H5F4. The van der Waals surface area contributed by atoms with Crippen LogP contribution in [-0.2, 0) is 6.18 Å². The molecule has 0 bridgehead atoms. The Morgan fingerprint density at radius 3 is 2.17 bits per heavy atom. The van der Waals surface area contributed by atoms with E-state index in [9.17, 15) is 17.6 Å². The molecule has 0 unspecified atom stereocenters. The minimum Gasteiger partial charge on any atom is -0.207 e. The Morgan fingerprint density at radius 2 is 1.75 bits per heavy atom. The number of hydrogen-bond acceptors (Lipinski definition) is 0. The third kappa shape index (κ3) is 1.75. The minimum absolute atomic E-state index is 0.345. The summed E-state index contributed by atoms with van der Waals surface area (Å²) < 4.78 is 48.4. The molecule has 0 fully saturated rings. The normalized spacial score (nSPS) is 11.8. The van der Waals surface area contributed by atoms with Crippen molar-refractivity contribution in [1.29, 1.82) is 0 Å². The molecule has 1 rings (SSSR count). The van der Waals surface area contributed by atoms with Crippen molar-refractivity contribution < 1.29 is 17.6 Å². The maximum Gasteiger partial charge on any atom is 0.416 e. The lowest BCUT2D eigenvalue weighted by atomic mass is 10.1. The van der Waals surface area contributed by atoms with E-state index in [2.05, 4.69) is 6.92 Å². The van der Waals surface area contributed by atoms with E-state index >= 15 is 0 Å². The summed E-state index contributed by atoms with van der Waals surface area (Å²) >= 11 is 0. The molecule has 12 heavy (non-hydrogen) atoms. The van der Waals surface area contributed by atoms with Crippen molar-refractivity contribution in [3.05, 3.63) is 42.1 Å². The van der Waals surface area contributed by atoms with Crippen molar-refractivity contribution >= 4 is 0 Å².